The highest BCUT2D eigenvalue weighted by Crippen LogP contribution is 2.28. The summed E-state index contributed by atoms with van der Waals surface area (Å²) < 4.78 is 10.7. The first kappa shape index (κ1) is 16.9. The van der Waals surface area contributed by atoms with Crippen molar-refractivity contribution in [2.45, 2.75) is 6.92 Å². The number of carbonyl (C=O) groups excluding carboxylic acids is 1. The minimum absolute atomic E-state index is 0.221. The number of methoxy groups -OCH3 is 1. The van der Waals surface area contributed by atoms with Crippen molar-refractivity contribution < 1.29 is 14.3 Å². The van der Waals surface area contributed by atoms with Crippen molar-refractivity contribution in [2.75, 3.05) is 19.0 Å². The van der Waals surface area contributed by atoms with E-state index in [2.05, 4.69) is 5.32 Å². The lowest BCUT2D eigenvalue weighted by atomic mass is 10.2. The van der Waals surface area contributed by atoms with Crippen LogP contribution in [0.15, 0.2) is 48.5 Å². The van der Waals surface area contributed by atoms with Gasteiger partial charge in [-0.05, 0) is 55.0 Å². The van der Waals surface area contributed by atoms with E-state index in [-0.39, 0.29) is 5.91 Å². The Hall–Kier alpha value is -2.46. The Morgan fingerprint density at radius 2 is 1.91 bits per heavy atom. The number of carbonyl (C=O) groups is 1. The maximum atomic E-state index is 11.9. The number of hydrogen-bond donors (Lipinski definition) is 1. The van der Waals surface area contributed by atoms with Crippen LogP contribution in [0, 0.1) is 0 Å². The standard InChI is InChI=1S/C18H18ClNO3/c1-3-23-17-12-13(4-10-16(17)22-2)5-11-18(21)20-15-8-6-14(19)7-9-15/h4-12H,3H2,1-2H3,(H,20,21)/b11-5+. The van der Waals surface area contributed by atoms with Gasteiger partial charge in [0.05, 0.1) is 13.7 Å². The second-order valence-corrected chi connectivity index (χ2v) is 5.11. The number of benzene rings is 2. The number of anilines is 1. The predicted molar refractivity (Wildman–Crippen MR) is 93.3 cm³/mol. The van der Waals surface area contributed by atoms with E-state index >= 15 is 0 Å². The first-order chi connectivity index (χ1) is 11.1. The summed E-state index contributed by atoms with van der Waals surface area (Å²) in [5.74, 6) is 1.09. The predicted octanol–water partition coefficient (Wildman–Crippen LogP) is 4.40. The van der Waals surface area contributed by atoms with Crippen LogP contribution in [0.4, 0.5) is 5.69 Å². The highest BCUT2D eigenvalue weighted by molar-refractivity contribution is 6.30. The van der Waals surface area contributed by atoms with E-state index in [1.54, 1.807) is 37.5 Å². The van der Waals surface area contributed by atoms with E-state index in [1.165, 1.54) is 6.08 Å². The largest absolute Gasteiger partial charge is 0.493 e. The topological polar surface area (TPSA) is 47.6 Å². The lowest BCUT2D eigenvalue weighted by molar-refractivity contribution is -0.111. The molecule has 2 aromatic carbocycles. The van der Waals surface area contributed by atoms with Crippen molar-refractivity contribution in [1.29, 1.82) is 0 Å². The Kier molecular flexibility index (Phi) is 6.06. The summed E-state index contributed by atoms with van der Waals surface area (Å²) in [6, 6.07) is 12.4. The van der Waals surface area contributed by atoms with Crippen LogP contribution in [0.5, 0.6) is 11.5 Å². The SMILES string of the molecule is CCOc1cc(/C=C/C(=O)Nc2ccc(Cl)cc2)ccc1OC. The second kappa shape index (κ2) is 8.25. The van der Waals surface area contributed by atoms with Gasteiger partial charge in [0.1, 0.15) is 0 Å². The first-order valence-electron chi connectivity index (χ1n) is 7.18. The fourth-order valence-corrected chi connectivity index (χ4v) is 2.08. The molecule has 0 radical (unpaired) electrons. The van der Waals surface area contributed by atoms with E-state index in [0.717, 1.165) is 5.56 Å². The van der Waals surface area contributed by atoms with Crippen LogP contribution in [0.3, 0.4) is 0 Å². The van der Waals surface area contributed by atoms with Crippen LogP contribution in [0.1, 0.15) is 12.5 Å². The molecule has 0 aliphatic carbocycles. The van der Waals surface area contributed by atoms with E-state index < -0.39 is 0 Å². The van der Waals surface area contributed by atoms with Crippen molar-refractivity contribution in [1.82, 2.24) is 0 Å². The fraction of sp³-hybridized carbons (Fsp3) is 0.167. The molecule has 0 aromatic heterocycles. The Labute approximate surface area is 140 Å². The van der Waals surface area contributed by atoms with Gasteiger partial charge in [0.25, 0.3) is 0 Å². The molecule has 2 aromatic rings. The normalized spacial score (nSPS) is 10.6. The Bertz CT molecular complexity index is 696. The number of halogens is 1. The molecule has 0 saturated carbocycles. The molecule has 1 amide bonds. The lowest BCUT2D eigenvalue weighted by Gasteiger charge is -2.09. The van der Waals surface area contributed by atoms with E-state index in [9.17, 15) is 4.79 Å². The molecule has 1 N–H and O–H groups in total. The summed E-state index contributed by atoms with van der Waals surface area (Å²) in [5.41, 5.74) is 1.54. The van der Waals surface area contributed by atoms with Crippen molar-refractivity contribution >= 4 is 29.3 Å². The minimum Gasteiger partial charge on any atom is -0.493 e. The number of hydrogen-bond acceptors (Lipinski definition) is 3. The zero-order valence-corrected chi connectivity index (χ0v) is 13.8. The molecule has 5 heteroatoms. The molecule has 120 valence electrons. The molecule has 0 unspecified atom stereocenters. The zero-order chi connectivity index (χ0) is 16.7. The van der Waals surface area contributed by atoms with E-state index in [4.69, 9.17) is 21.1 Å². The summed E-state index contributed by atoms with van der Waals surface area (Å²) in [4.78, 5) is 11.9. The van der Waals surface area contributed by atoms with Gasteiger partial charge in [-0.1, -0.05) is 17.7 Å². The van der Waals surface area contributed by atoms with Crippen molar-refractivity contribution in [3.63, 3.8) is 0 Å². The summed E-state index contributed by atoms with van der Waals surface area (Å²) in [6.07, 6.45) is 3.18. The van der Waals surface area contributed by atoms with Gasteiger partial charge in [0.15, 0.2) is 11.5 Å². The van der Waals surface area contributed by atoms with Gasteiger partial charge in [-0.3, -0.25) is 4.79 Å². The van der Waals surface area contributed by atoms with Gasteiger partial charge in [0.2, 0.25) is 5.91 Å². The summed E-state index contributed by atoms with van der Waals surface area (Å²) >= 11 is 5.81. The number of ether oxygens (including phenoxy) is 2. The first-order valence-corrected chi connectivity index (χ1v) is 7.55. The molecule has 0 saturated heterocycles. The molecule has 4 nitrogen and oxygen atoms in total. The molecule has 0 aliphatic heterocycles. The third-order valence-electron chi connectivity index (χ3n) is 3.03. The van der Waals surface area contributed by atoms with Crippen molar-refractivity contribution in [3.8, 4) is 11.5 Å². The van der Waals surface area contributed by atoms with Crippen LogP contribution < -0.4 is 14.8 Å². The Balaban J connectivity index is 2.05. The van der Waals surface area contributed by atoms with Gasteiger partial charge < -0.3 is 14.8 Å². The summed E-state index contributed by atoms with van der Waals surface area (Å²) in [7, 11) is 1.59. The quantitative estimate of drug-likeness (QED) is 0.798. The third kappa shape index (κ3) is 5.04. The molecule has 23 heavy (non-hydrogen) atoms. The smallest absolute Gasteiger partial charge is 0.248 e. The molecule has 2 rings (SSSR count). The molecule has 0 atom stereocenters. The van der Waals surface area contributed by atoms with Crippen LogP contribution >= 0.6 is 11.6 Å². The molecule has 0 fully saturated rings. The van der Waals surface area contributed by atoms with Crippen LogP contribution in [-0.4, -0.2) is 19.6 Å². The van der Waals surface area contributed by atoms with Gasteiger partial charge >= 0.3 is 0 Å². The van der Waals surface area contributed by atoms with Crippen LogP contribution in [0.25, 0.3) is 6.08 Å². The van der Waals surface area contributed by atoms with Gasteiger partial charge in [-0.15, -0.1) is 0 Å². The molecular formula is C18H18ClNO3. The molecule has 0 spiro atoms. The Morgan fingerprint density at radius 1 is 1.17 bits per heavy atom. The average Bonchev–Trinajstić information content (AvgIpc) is 2.56. The molecule has 0 bridgehead atoms. The number of rotatable bonds is 6. The third-order valence-corrected chi connectivity index (χ3v) is 3.28. The number of amides is 1. The van der Waals surface area contributed by atoms with Gasteiger partial charge in [-0.25, -0.2) is 0 Å². The zero-order valence-electron chi connectivity index (χ0n) is 13.0. The second-order valence-electron chi connectivity index (χ2n) is 4.67. The van der Waals surface area contributed by atoms with Gasteiger partial charge in [0, 0.05) is 16.8 Å². The van der Waals surface area contributed by atoms with Crippen LogP contribution in [0.2, 0.25) is 5.02 Å². The summed E-state index contributed by atoms with van der Waals surface area (Å²) in [6.45, 7) is 2.45. The Morgan fingerprint density at radius 3 is 2.57 bits per heavy atom. The van der Waals surface area contributed by atoms with Crippen molar-refractivity contribution in [3.05, 3.63) is 59.1 Å². The highest BCUT2D eigenvalue weighted by Gasteiger charge is 2.04. The molecular weight excluding hydrogens is 314 g/mol. The maximum absolute atomic E-state index is 11.9. The lowest BCUT2D eigenvalue weighted by Crippen LogP contribution is -2.07. The highest BCUT2D eigenvalue weighted by atomic mass is 35.5. The van der Waals surface area contributed by atoms with E-state index in [1.807, 2.05) is 25.1 Å². The van der Waals surface area contributed by atoms with Crippen LogP contribution in [-0.2, 0) is 4.79 Å². The summed E-state index contributed by atoms with van der Waals surface area (Å²) in [5, 5.41) is 3.39. The average molecular weight is 332 g/mol. The van der Waals surface area contributed by atoms with Gasteiger partial charge in [-0.2, -0.15) is 0 Å². The molecule has 0 aliphatic rings. The monoisotopic (exact) mass is 331 g/mol. The fourth-order valence-electron chi connectivity index (χ4n) is 1.95. The minimum atomic E-state index is -0.221. The van der Waals surface area contributed by atoms with E-state index in [0.29, 0.717) is 28.8 Å². The molecule has 0 heterocycles. The van der Waals surface area contributed by atoms with Crippen molar-refractivity contribution in [2.24, 2.45) is 0 Å². The maximum Gasteiger partial charge on any atom is 0.248 e. The number of nitrogens with one attached hydrogen (secondary N) is 1.